The van der Waals surface area contributed by atoms with Crippen molar-refractivity contribution < 1.29 is 9.53 Å². The number of carbonyl (C=O) groups excluding carboxylic acids is 1. The van der Waals surface area contributed by atoms with Crippen molar-refractivity contribution in [2.24, 2.45) is 0 Å². The van der Waals surface area contributed by atoms with E-state index in [2.05, 4.69) is 0 Å². The molecular formula is C10H13NO2. The largest absolute Gasteiger partial charge is 0.483 e. The van der Waals surface area contributed by atoms with Crippen molar-refractivity contribution in [1.82, 2.24) is 0 Å². The summed E-state index contributed by atoms with van der Waals surface area (Å²) in [5.74, 6) is 0.630. The van der Waals surface area contributed by atoms with Crippen LogP contribution in [-0.2, 0) is 4.79 Å². The lowest BCUT2D eigenvalue weighted by Gasteiger charge is -2.11. The van der Waals surface area contributed by atoms with Gasteiger partial charge in [-0.2, -0.15) is 0 Å². The van der Waals surface area contributed by atoms with Crippen molar-refractivity contribution in [3.8, 4) is 5.75 Å². The molecule has 0 bridgehead atoms. The van der Waals surface area contributed by atoms with Crippen LogP contribution >= 0.6 is 0 Å². The molecule has 1 aromatic rings. The average Bonchev–Trinajstić information content (AvgIpc) is 2.04. The maximum absolute atomic E-state index is 10.9. The van der Waals surface area contributed by atoms with Crippen LogP contribution in [0.25, 0.3) is 0 Å². The molecule has 0 fully saturated rings. The lowest BCUT2D eigenvalue weighted by Crippen LogP contribution is -2.20. The van der Waals surface area contributed by atoms with Gasteiger partial charge in [0.05, 0.1) is 0 Å². The molecular weight excluding hydrogens is 166 g/mol. The van der Waals surface area contributed by atoms with E-state index in [1.54, 1.807) is 31.2 Å². The van der Waals surface area contributed by atoms with E-state index >= 15 is 0 Å². The molecule has 1 unspecified atom stereocenters. The number of hydrogen-bond donors (Lipinski definition) is 1. The number of ketones is 1. The normalized spacial score (nSPS) is 12.2. The minimum Gasteiger partial charge on any atom is -0.483 e. The fourth-order valence-electron chi connectivity index (χ4n) is 0.875. The summed E-state index contributed by atoms with van der Waals surface area (Å²) < 4.78 is 5.33. The van der Waals surface area contributed by atoms with E-state index in [0.29, 0.717) is 11.4 Å². The smallest absolute Gasteiger partial charge is 0.169 e. The van der Waals surface area contributed by atoms with Crippen LogP contribution in [0.2, 0.25) is 0 Å². The summed E-state index contributed by atoms with van der Waals surface area (Å²) in [4.78, 5) is 10.9. The van der Waals surface area contributed by atoms with E-state index in [1.165, 1.54) is 6.92 Å². The van der Waals surface area contributed by atoms with Gasteiger partial charge in [-0.3, -0.25) is 4.79 Å². The van der Waals surface area contributed by atoms with E-state index in [9.17, 15) is 4.79 Å². The maximum Gasteiger partial charge on any atom is 0.169 e. The Hall–Kier alpha value is -1.51. The van der Waals surface area contributed by atoms with E-state index < -0.39 is 6.10 Å². The summed E-state index contributed by atoms with van der Waals surface area (Å²) >= 11 is 0. The third-order valence-electron chi connectivity index (χ3n) is 1.74. The molecule has 0 saturated carbocycles. The van der Waals surface area contributed by atoms with Crippen molar-refractivity contribution in [3.05, 3.63) is 24.3 Å². The lowest BCUT2D eigenvalue weighted by atomic mass is 10.2. The minimum absolute atomic E-state index is 0.00224. The highest BCUT2D eigenvalue weighted by Gasteiger charge is 2.08. The number of carbonyl (C=O) groups is 1. The Morgan fingerprint density at radius 3 is 2.77 bits per heavy atom. The molecule has 0 radical (unpaired) electrons. The molecule has 3 heteroatoms. The second-order valence-electron chi connectivity index (χ2n) is 2.94. The topological polar surface area (TPSA) is 52.3 Å². The zero-order chi connectivity index (χ0) is 9.84. The summed E-state index contributed by atoms with van der Waals surface area (Å²) in [7, 11) is 0. The molecule has 0 aliphatic carbocycles. The van der Waals surface area contributed by atoms with Crippen LogP contribution in [0.3, 0.4) is 0 Å². The Morgan fingerprint density at radius 1 is 1.54 bits per heavy atom. The molecule has 0 saturated heterocycles. The van der Waals surface area contributed by atoms with Crippen LogP contribution < -0.4 is 10.5 Å². The number of rotatable bonds is 3. The van der Waals surface area contributed by atoms with E-state index in [-0.39, 0.29) is 5.78 Å². The van der Waals surface area contributed by atoms with Gasteiger partial charge < -0.3 is 10.5 Å². The third-order valence-corrected chi connectivity index (χ3v) is 1.74. The number of ether oxygens (including phenoxy) is 1. The monoisotopic (exact) mass is 179 g/mol. The summed E-state index contributed by atoms with van der Waals surface area (Å²) in [6.45, 7) is 3.21. The van der Waals surface area contributed by atoms with Gasteiger partial charge in [0.1, 0.15) is 5.75 Å². The summed E-state index contributed by atoms with van der Waals surface area (Å²) in [6, 6.07) is 7.03. The fraction of sp³-hybridized carbons (Fsp3) is 0.300. The van der Waals surface area contributed by atoms with Crippen molar-refractivity contribution in [1.29, 1.82) is 0 Å². The molecule has 3 nitrogen and oxygen atoms in total. The third kappa shape index (κ3) is 2.78. The molecule has 0 heterocycles. The van der Waals surface area contributed by atoms with Gasteiger partial charge >= 0.3 is 0 Å². The zero-order valence-electron chi connectivity index (χ0n) is 7.78. The molecule has 70 valence electrons. The Bertz CT molecular complexity index is 310. The highest BCUT2D eigenvalue weighted by molar-refractivity contribution is 5.80. The van der Waals surface area contributed by atoms with Crippen LogP contribution in [0.5, 0.6) is 5.75 Å². The summed E-state index contributed by atoms with van der Waals surface area (Å²) in [5, 5.41) is 0. The van der Waals surface area contributed by atoms with E-state index in [0.717, 1.165) is 0 Å². The molecule has 0 spiro atoms. The SMILES string of the molecule is CC(=O)C(C)Oc1cccc(N)c1. The Balaban J connectivity index is 2.69. The van der Waals surface area contributed by atoms with Gasteiger partial charge in [-0.15, -0.1) is 0 Å². The molecule has 0 aliphatic rings. The second-order valence-corrected chi connectivity index (χ2v) is 2.94. The van der Waals surface area contributed by atoms with Gasteiger partial charge in [0.15, 0.2) is 11.9 Å². The first-order chi connectivity index (χ1) is 6.09. The molecule has 1 aromatic carbocycles. The quantitative estimate of drug-likeness (QED) is 0.717. The van der Waals surface area contributed by atoms with Crippen molar-refractivity contribution in [2.45, 2.75) is 20.0 Å². The van der Waals surface area contributed by atoms with Crippen LogP contribution in [0.4, 0.5) is 5.69 Å². The molecule has 0 aromatic heterocycles. The van der Waals surface area contributed by atoms with Gasteiger partial charge in [0, 0.05) is 11.8 Å². The van der Waals surface area contributed by atoms with Crippen molar-refractivity contribution in [2.75, 3.05) is 5.73 Å². The minimum atomic E-state index is -0.415. The lowest BCUT2D eigenvalue weighted by molar-refractivity contribution is -0.122. The first-order valence-corrected chi connectivity index (χ1v) is 4.12. The first kappa shape index (κ1) is 9.58. The van der Waals surface area contributed by atoms with Crippen LogP contribution in [-0.4, -0.2) is 11.9 Å². The second kappa shape index (κ2) is 3.94. The van der Waals surface area contributed by atoms with E-state index in [4.69, 9.17) is 10.5 Å². The average molecular weight is 179 g/mol. The highest BCUT2D eigenvalue weighted by Crippen LogP contribution is 2.15. The number of Topliss-reactive ketones (excluding diaryl/α,β-unsaturated/α-hetero) is 1. The first-order valence-electron chi connectivity index (χ1n) is 4.12. The van der Waals surface area contributed by atoms with Gasteiger partial charge in [0.25, 0.3) is 0 Å². The molecule has 1 rings (SSSR count). The Labute approximate surface area is 77.5 Å². The molecule has 0 aliphatic heterocycles. The number of nitrogen functional groups attached to an aromatic ring is 1. The Morgan fingerprint density at radius 2 is 2.23 bits per heavy atom. The number of hydrogen-bond acceptors (Lipinski definition) is 3. The van der Waals surface area contributed by atoms with Crippen LogP contribution in [0.15, 0.2) is 24.3 Å². The molecule has 1 atom stereocenters. The summed E-state index contributed by atoms with van der Waals surface area (Å²) in [6.07, 6.45) is -0.415. The molecule has 13 heavy (non-hydrogen) atoms. The van der Waals surface area contributed by atoms with Gasteiger partial charge in [-0.1, -0.05) is 6.07 Å². The standard InChI is InChI=1S/C10H13NO2/c1-7(12)8(2)13-10-5-3-4-9(11)6-10/h3-6,8H,11H2,1-2H3. The summed E-state index contributed by atoms with van der Waals surface area (Å²) in [5.41, 5.74) is 6.18. The van der Waals surface area contributed by atoms with Gasteiger partial charge in [-0.05, 0) is 26.0 Å². The Kier molecular flexibility index (Phi) is 2.90. The van der Waals surface area contributed by atoms with Gasteiger partial charge in [0.2, 0.25) is 0 Å². The molecule has 2 N–H and O–H groups in total. The van der Waals surface area contributed by atoms with Gasteiger partial charge in [-0.25, -0.2) is 0 Å². The maximum atomic E-state index is 10.9. The zero-order valence-corrected chi connectivity index (χ0v) is 7.78. The van der Waals surface area contributed by atoms with E-state index in [1.807, 2.05) is 0 Å². The number of benzene rings is 1. The van der Waals surface area contributed by atoms with Crippen molar-refractivity contribution in [3.63, 3.8) is 0 Å². The fourth-order valence-corrected chi connectivity index (χ4v) is 0.875. The predicted octanol–water partition coefficient (Wildman–Crippen LogP) is 1.63. The number of nitrogens with two attached hydrogens (primary N) is 1. The van der Waals surface area contributed by atoms with Crippen LogP contribution in [0.1, 0.15) is 13.8 Å². The number of anilines is 1. The predicted molar refractivity (Wildman–Crippen MR) is 51.6 cm³/mol. The highest BCUT2D eigenvalue weighted by atomic mass is 16.5. The van der Waals surface area contributed by atoms with Crippen LogP contribution in [0, 0.1) is 0 Å². The molecule has 0 amide bonds. The van der Waals surface area contributed by atoms with Crippen molar-refractivity contribution >= 4 is 11.5 Å².